The van der Waals surface area contributed by atoms with Crippen molar-refractivity contribution in [3.8, 4) is 0 Å². The van der Waals surface area contributed by atoms with Crippen LogP contribution in [0.15, 0.2) is 0 Å². The molecule has 2 atom stereocenters. The number of hydrogen-bond acceptors (Lipinski definition) is 3. The van der Waals surface area contributed by atoms with E-state index >= 15 is 0 Å². The minimum Gasteiger partial charge on any atom is -0.389 e. The Morgan fingerprint density at radius 3 is 2.33 bits per heavy atom. The molecule has 0 bridgehead atoms. The summed E-state index contributed by atoms with van der Waals surface area (Å²) in [5, 5.41) is 9.90. The SMILES string of the molecule is CCC(C)(O)CN(C)CCC(N)C(C)C. The Bertz CT molecular complexity index is 169. The fourth-order valence-electron chi connectivity index (χ4n) is 1.48. The molecule has 0 aromatic carbocycles. The Hall–Kier alpha value is -0.120. The quantitative estimate of drug-likeness (QED) is 0.677. The van der Waals surface area contributed by atoms with Crippen molar-refractivity contribution in [2.75, 3.05) is 20.1 Å². The Labute approximate surface area is 94.6 Å². The first-order valence-corrected chi connectivity index (χ1v) is 5.95. The van der Waals surface area contributed by atoms with Gasteiger partial charge in [0, 0.05) is 12.6 Å². The number of nitrogens with zero attached hydrogens (tertiary/aromatic N) is 1. The van der Waals surface area contributed by atoms with Gasteiger partial charge in [0.15, 0.2) is 0 Å². The Morgan fingerprint density at radius 2 is 1.93 bits per heavy atom. The van der Waals surface area contributed by atoms with Crippen LogP contribution in [0.25, 0.3) is 0 Å². The van der Waals surface area contributed by atoms with Crippen molar-refractivity contribution in [1.29, 1.82) is 0 Å². The molecule has 0 aromatic heterocycles. The highest BCUT2D eigenvalue weighted by Gasteiger charge is 2.20. The van der Waals surface area contributed by atoms with Crippen LogP contribution in [-0.2, 0) is 0 Å². The molecule has 3 nitrogen and oxygen atoms in total. The lowest BCUT2D eigenvalue weighted by molar-refractivity contribution is 0.0228. The molecule has 0 heterocycles. The summed E-state index contributed by atoms with van der Waals surface area (Å²) in [6, 6.07) is 0.263. The van der Waals surface area contributed by atoms with Gasteiger partial charge in [-0.2, -0.15) is 0 Å². The number of rotatable bonds is 7. The van der Waals surface area contributed by atoms with Gasteiger partial charge in [-0.1, -0.05) is 20.8 Å². The van der Waals surface area contributed by atoms with Gasteiger partial charge in [-0.25, -0.2) is 0 Å². The number of hydrogen-bond donors (Lipinski definition) is 2. The van der Waals surface area contributed by atoms with E-state index in [4.69, 9.17) is 5.73 Å². The molecule has 0 aliphatic rings. The van der Waals surface area contributed by atoms with Crippen molar-refractivity contribution in [3.05, 3.63) is 0 Å². The molecule has 15 heavy (non-hydrogen) atoms. The number of likely N-dealkylation sites (N-methyl/N-ethyl adjacent to an activating group) is 1. The molecular weight excluding hydrogens is 188 g/mol. The zero-order valence-corrected chi connectivity index (χ0v) is 11.0. The maximum Gasteiger partial charge on any atom is 0.0743 e. The van der Waals surface area contributed by atoms with Gasteiger partial charge in [-0.3, -0.25) is 0 Å². The van der Waals surface area contributed by atoms with Crippen molar-refractivity contribution in [2.24, 2.45) is 11.7 Å². The maximum absolute atomic E-state index is 9.90. The predicted molar refractivity (Wildman–Crippen MR) is 65.8 cm³/mol. The van der Waals surface area contributed by atoms with Crippen molar-refractivity contribution in [2.45, 2.75) is 52.2 Å². The summed E-state index contributed by atoms with van der Waals surface area (Å²) in [5.74, 6) is 0.532. The van der Waals surface area contributed by atoms with Crippen molar-refractivity contribution in [3.63, 3.8) is 0 Å². The van der Waals surface area contributed by atoms with Gasteiger partial charge in [-0.05, 0) is 39.3 Å². The molecule has 0 aromatic rings. The number of nitrogens with two attached hydrogens (primary N) is 1. The minimum atomic E-state index is -0.573. The molecule has 0 amide bonds. The summed E-state index contributed by atoms with van der Waals surface area (Å²) in [6.45, 7) is 9.85. The van der Waals surface area contributed by atoms with E-state index in [2.05, 4.69) is 18.7 Å². The van der Waals surface area contributed by atoms with Crippen LogP contribution in [0.2, 0.25) is 0 Å². The highest BCUT2D eigenvalue weighted by molar-refractivity contribution is 4.75. The van der Waals surface area contributed by atoms with Crippen molar-refractivity contribution >= 4 is 0 Å². The lowest BCUT2D eigenvalue weighted by Gasteiger charge is -2.29. The second-order valence-electron chi connectivity index (χ2n) is 5.28. The molecule has 0 saturated carbocycles. The predicted octanol–water partition coefficient (Wildman–Crippen LogP) is 1.45. The molecule has 0 rings (SSSR count). The van der Waals surface area contributed by atoms with E-state index in [0.717, 1.165) is 19.4 Å². The third-order valence-corrected chi connectivity index (χ3v) is 3.07. The van der Waals surface area contributed by atoms with Gasteiger partial charge in [-0.15, -0.1) is 0 Å². The minimum absolute atomic E-state index is 0.263. The fourth-order valence-corrected chi connectivity index (χ4v) is 1.48. The molecular formula is C12H28N2O. The molecule has 0 radical (unpaired) electrons. The summed E-state index contributed by atoms with van der Waals surface area (Å²) in [4.78, 5) is 2.16. The number of aliphatic hydroxyl groups is 1. The molecule has 2 unspecified atom stereocenters. The van der Waals surface area contributed by atoms with E-state index in [1.807, 2.05) is 20.9 Å². The first kappa shape index (κ1) is 14.9. The normalized spacial score (nSPS) is 18.2. The Morgan fingerprint density at radius 1 is 1.40 bits per heavy atom. The van der Waals surface area contributed by atoms with Crippen molar-refractivity contribution in [1.82, 2.24) is 4.90 Å². The van der Waals surface area contributed by atoms with Crippen LogP contribution in [0.5, 0.6) is 0 Å². The standard InChI is InChI=1S/C12H28N2O/c1-6-12(4,15)9-14(5)8-7-11(13)10(2)3/h10-11,15H,6-9,13H2,1-5H3. The molecule has 0 spiro atoms. The fraction of sp³-hybridized carbons (Fsp3) is 1.00. The van der Waals surface area contributed by atoms with Gasteiger partial charge in [0.2, 0.25) is 0 Å². The van der Waals surface area contributed by atoms with Gasteiger partial charge < -0.3 is 15.7 Å². The highest BCUT2D eigenvalue weighted by atomic mass is 16.3. The van der Waals surface area contributed by atoms with Crippen LogP contribution < -0.4 is 5.73 Å². The molecule has 0 aliphatic carbocycles. The van der Waals surface area contributed by atoms with E-state index in [1.165, 1.54) is 0 Å². The van der Waals surface area contributed by atoms with Gasteiger partial charge in [0.25, 0.3) is 0 Å². The molecule has 3 heteroatoms. The lowest BCUT2D eigenvalue weighted by Crippen LogP contribution is -2.40. The maximum atomic E-state index is 9.90. The smallest absolute Gasteiger partial charge is 0.0743 e. The van der Waals surface area contributed by atoms with Gasteiger partial charge in [0.05, 0.1) is 5.60 Å². The first-order valence-electron chi connectivity index (χ1n) is 5.95. The second-order valence-corrected chi connectivity index (χ2v) is 5.28. The van der Waals surface area contributed by atoms with E-state index in [0.29, 0.717) is 12.5 Å². The van der Waals surface area contributed by atoms with E-state index < -0.39 is 5.60 Å². The van der Waals surface area contributed by atoms with Crippen LogP contribution in [0.1, 0.15) is 40.5 Å². The van der Waals surface area contributed by atoms with Gasteiger partial charge >= 0.3 is 0 Å². The van der Waals surface area contributed by atoms with Gasteiger partial charge in [0.1, 0.15) is 0 Å². The lowest BCUT2D eigenvalue weighted by atomic mass is 10.0. The van der Waals surface area contributed by atoms with Crippen LogP contribution in [-0.4, -0.2) is 41.8 Å². The molecule has 3 N–H and O–H groups in total. The average molecular weight is 216 g/mol. The average Bonchev–Trinajstić information content (AvgIpc) is 2.13. The summed E-state index contributed by atoms with van der Waals surface area (Å²) in [6.07, 6.45) is 1.78. The van der Waals surface area contributed by atoms with Crippen LogP contribution in [0.4, 0.5) is 0 Å². The monoisotopic (exact) mass is 216 g/mol. The van der Waals surface area contributed by atoms with E-state index in [1.54, 1.807) is 0 Å². The third kappa shape index (κ3) is 6.88. The Balaban J connectivity index is 3.80. The summed E-state index contributed by atoms with van der Waals surface area (Å²) in [5.41, 5.74) is 5.40. The zero-order chi connectivity index (χ0) is 12.1. The van der Waals surface area contributed by atoms with E-state index in [9.17, 15) is 5.11 Å². The first-order chi connectivity index (χ1) is 6.78. The van der Waals surface area contributed by atoms with Crippen LogP contribution in [0, 0.1) is 5.92 Å². The van der Waals surface area contributed by atoms with Crippen molar-refractivity contribution < 1.29 is 5.11 Å². The molecule has 0 saturated heterocycles. The third-order valence-electron chi connectivity index (χ3n) is 3.07. The summed E-state index contributed by atoms with van der Waals surface area (Å²) < 4.78 is 0. The Kier molecular flexibility index (Phi) is 6.41. The van der Waals surface area contributed by atoms with E-state index in [-0.39, 0.29) is 6.04 Å². The molecule has 0 aliphatic heterocycles. The zero-order valence-electron chi connectivity index (χ0n) is 11.0. The molecule has 0 fully saturated rings. The molecule has 92 valence electrons. The van der Waals surface area contributed by atoms with Crippen LogP contribution >= 0.6 is 0 Å². The van der Waals surface area contributed by atoms with Crippen LogP contribution in [0.3, 0.4) is 0 Å². The summed E-state index contributed by atoms with van der Waals surface area (Å²) >= 11 is 0. The largest absolute Gasteiger partial charge is 0.389 e. The topological polar surface area (TPSA) is 49.5 Å². The highest BCUT2D eigenvalue weighted by Crippen LogP contribution is 2.11. The second kappa shape index (κ2) is 6.46. The summed E-state index contributed by atoms with van der Waals surface area (Å²) in [7, 11) is 2.04.